The van der Waals surface area contributed by atoms with Gasteiger partial charge in [0.15, 0.2) is 5.79 Å². The number of methoxy groups -OCH3 is 1. The Morgan fingerprint density at radius 1 is 1.45 bits per heavy atom. The molecular formula is C8H14O3. The molecular weight excluding hydrogens is 144 g/mol. The zero-order valence-corrected chi connectivity index (χ0v) is 6.84. The van der Waals surface area contributed by atoms with Crippen molar-refractivity contribution in [2.24, 2.45) is 0 Å². The number of fused-ring (bicyclic) bond motifs is 1. The maximum absolute atomic E-state index is 5.59. The highest BCUT2D eigenvalue weighted by Crippen LogP contribution is 2.38. The molecule has 3 heteroatoms. The Balaban J connectivity index is 2.12. The van der Waals surface area contributed by atoms with E-state index in [0.717, 1.165) is 25.9 Å². The highest BCUT2D eigenvalue weighted by atomic mass is 16.7. The molecule has 0 aromatic rings. The van der Waals surface area contributed by atoms with E-state index in [1.54, 1.807) is 7.11 Å². The molecule has 0 aromatic carbocycles. The Kier molecular flexibility index (Phi) is 1.87. The summed E-state index contributed by atoms with van der Waals surface area (Å²) in [5.41, 5.74) is 0. The summed E-state index contributed by atoms with van der Waals surface area (Å²) in [6, 6.07) is 0. The second kappa shape index (κ2) is 2.73. The smallest absolute Gasteiger partial charge is 0.194 e. The summed E-state index contributed by atoms with van der Waals surface area (Å²) in [6.45, 7) is 1.39. The lowest BCUT2D eigenvalue weighted by Gasteiger charge is -2.37. The quantitative estimate of drug-likeness (QED) is 0.568. The second-order valence-electron chi connectivity index (χ2n) is 3.12. The summed E-state index contributed by atoms with van der Waals surface area (Å²) >= 11 is 0. The third-order valence-corrected chi connectivity index (χ3v) is 2.58. The van der Waals surface area contributed by atoms with Crippen LogP contribution in [0.5, 0.6) is 0 Å². The van der Waals surface area contributed by atoms with Gasteiger partial charge in [-0.15, -0.1) is 0 Å². The van der Waals surface area contributed by atoms with E-state index in [1.807, 2.05) is 0 Å². The first-order valence-electron chi connectivity index (χ1n) is 4.18. The Bertz CT molecular complexity index is 148. The van der Waals surface area contributed by atoms with Crippen LogP contribution in [-0.4, -0.2) is 32.2 Å². The molecule has 1 heterocycles. The number of hydrogen-bond donors (Lipinski definition) is 0. The number of ether oxygens (including phenoxy) is 3. The molecule has 2 unspecified atom stereocenters. The van der Waals surface area contributed by atoms with E-state index in [0.29, 0.717) is 6.61 Å². The van der Waals surface area contributed by atoms with Gasteiger partial charge in [-0.3, -0.25) is 0 Å². The highest BCUT2D eigenvalue weighted by molar-refractivity contribution is 4.89. The lowest BCUT2D eigenvalue weighted by atomic mass is 10.2. The Hall–Kier alpha value is -0.120. The zero-order chi connectivity index (χ0) is 7.73. The fraction of sp³-hybridized carbons (Fsp3) is 1.00. The third kappa shape index (κ3) is 1.08. The van der Waals surface area contributed by atoms with Crippen molar-refractivity contribution in [3.63, 3.8) is 0 Å². The predicted molar refractivity (Wildman–Crippen MR) is 39.3 cm³/mol. The molecule has 64 valence electrons. The van der Waals surface area contributed by atoms with E-state index < -0.39 is 5.79 Å². The Morgan fingerprint density at radius 3 is 3.09 bits per heavy atom. The van der Waals surface area contributed by atoms with Crippen molar-refractivity contribution in [1.29, 1.82) is 0 Å². The molecule has 2 fully saturated rings. The van der Waals surface area contributed by atoms with Crippen molar-refractivity contribution in [2.75, 3.05) is 20.3 Å². The predicted octanol–water partition coefficient (Wildman–Crippen LogP) is 0.928. The second-order valence-corrected chi connectivity index (χ2v) is 3.12. The van der Waals surface area contributed by atoms with Crippen LogP contribution in [0.25, 0.3) is 0 Å². The van der Waals surface area contributed by atoms with Gasteiger partial charge in [0.05, 0.1) is 13.2 Å². The van der Waals surface area contributed by atoms with E-state index in [-0.39, 0.29) is 6.10 Å². The van der Waals surface area contributed by atoms with Gasteiger partial charge in [0.1, 0.15) is 6.10 Å². The first kappa shape index (κ1) is 7.53. The van der Waals surface area contributed by atoms with E-state index >= 15 is 0 Å². The fourth-order valence-corrected chi connectivity index (χ4v) is 1.99. The van der Waals surface area contributed by atoms with Gasteiger partial charge in [0.25, 0.3) is 0 Å². The summed E-state index contributed by atoms with van der Waals surface area (Å²) in [4.78, 5) is 0. The molecule has 0 radical (unpaired) electrons. The lowest BCUT2D eigenvalue weighted by molar-refractivity contribution is -0.303. The summed E-state index contributed by atoms with van der Waals surface area (Å²) < 4.78 is 16.5. The summed E-state index contributed by atoms with van der Waals surface area (Å²) in [6.07, 6.45) is 3.39. The molecule has 0 bridgehead atoms. The van der Waals surface area contributed by atoms with Crippen LogP contribution in [0.15, 0.2) is 0 Å². The van der Waals surface area contributed by atoms with Crippen molar-refractivity contribution in [3.8, 4) is 0 Å². The van der Waals surface area contributed by atoms with Gasteiger partial charge in [-0.2, -0.15) is 0 Å². The van der Waals surface area contributed by atoms with E-state index in [4.69, 9.17) is 14.2 Å². The molecule has 1 saturated carbocycles. The van der Waals surface area contributed by atoms with Crippen LogP contribution in [0, 0.1) is 0 Å². The Labute approximate surface area is 66.6 Å². The topological polar surface area (TPSA) is 27.7 Å². The van der Waals surface area contributed by atoms with Crippen LogP contribution in [0.3, 0.4) is 0 Å². The standard InChI is InChI=1S/C8H14O3/c1-9-8-4-2-3-7(8)10-5-6-11-8/h7H,2-6H2,1H3. The van der Waals surface area contributed by atoms with Gasteiger partial charge in [-0.05, 0) is 12.8 Å². The third-order valence-electron chi connectivity index (χ3n) is 2.58. The molecule has 2 atom stereocenters. The van der Waals surface area contributed by atoms with E-state index in [9.17, 15) is 0 Å². The van der Waals surface area contributed by atoms with Gasteiger partial charge in [-0.25, -0.2) is 0 Å². The van der Waals surface area contributed by atoms with Gasteiger partial charge >= 0.3 is 0 Å². The summed E-state index contributed by atoms with van der Waals surface area (Å²) in [5, 5.41) is 0. The Morgan fingerprint density at radius 2 is 2.36 bits per heavy atom. The van der Waals surface area contributed by atoms with Crippen molar-refractivity contribution in [2.45, 2.75) is 31.2 Å². The summed E-state index contributed by atoms with van der Waals surface area (Å²) in [5.74, 6) is -0.391. The van der Waals surface area contributed by atoms with Crippen LogP contribution in [-0.2, 0) is 14.2 Å². The normalized spacial score (nSPS) is 43.9. The average Bonchev–Trinajstić information content (AvgIpc) is 2.48. The van der Waals surface area contributed by atoms with Gasteiger partial charge in [0, 0.05) is 13.5 Å². The van der Waals surface area contributed by atoms with Gasteiger partial charge in [-0.1, -0.05) is 0 Å². The molecule has 0 aromatic heterocycles. The molecule has 2 aliphatic rings. The zero-order valence-electron chi connectivity index (χ0n) is 6.84. The lowest BCUT2D eigenvalue weighted by Crippen LogP contribution is -2.48. The molecule has 0 amide bonds. The van der Waals surface area contributed by atoms with Gasteiger partial charge < -0.3 is 14.2 Å². The molecule has 11 heavy (non-hydrogen) atoms. The molecule has 3 nitrogen and oxygen atoms in total. The monoisotopic (exact) mass is 158 g/mol. The first-order chi connectivity index (χ1) is 5.37. The molecule has 2 rings (SSSR count). The first-order valence-corrected chi connectivity index (χ1v) is 4.18. The van der Waals surface area contributed by atoms with Crippen molar-refractivity contribution >= 4 is 0 Å². The van der Waals surface area contributed by atoms with Crippen LogP contribution in [0.2, 0.25) is 0 Å². The van der Waals surface area contributed by atoms with Gasteiger partial charge in [0.2, 0.25) is 0 Å². The van der Waals surface area contributed by atoms with Crippen molar-refractivity contribution in [1.82, 2.24) is 0 Å². The minimum atomic E-state index is -0.391. The summed E-state index contributed by atoms with van der Waals surface area (Å²) in [7, 11) is 1.70. The maximum Gasteiger partial charge on any atom is 0.194 e. The molecule has 1 aliphatic heterocycles. The van der Waals surface area contributed by atoms with Crippen LogP contribution < -0.4 is 0 Å². The molecule has 0 N–H and O–H groups in total. The number of hydrogen-bond acceptors (Lipinski definition) is 3. The molecule has 1 aliphatic carbocycles. The minimum Gasteiger partial charge on any atom is -0.370 e. The van der Waals surface area contributed by atoms with E-state index in [2.05, 4.69) is 0 Å². The largest absolute Gasteiger partial charge is 0.370 e. The van der Waals surface area contributed by atoms with Crippen molar-refractivity contribution < 1.29 is 14.2 Å². The SMILES string of the molecule is COC12CCCC1OCCO2. The highest BCUT2D eigenvalue weighted by Gasteiger charge is 2.47. The van der Waals surface area contributed by atoms with Crippen molar-refractivity contribution in [3.05, 3.63) is 0 Å². The molecule has 1 saturated heterocycles. The van der Waals surface area contributed by atoms with Crippen LogP contribution >= 0.6 is 0 Å². The fourth-order valence-electron chi connectivity index (χ4n) is 1.99. The van der Waals surface area contributed by atoms with Crippen LogP contribution in [0.4, 0.5) is 0 Å². The van der Waals surface area contributed by atoms with E-state index in [1.165, 1.54) is 0 Å². The average molecular weight is 158 g/mol. The maximum atomic E-state index is 5.59. The molecule has 0 spiro atoms. The number of rotatable bonds is 1. The minimum absolute atomic E-state index is 0.182. The van der Waals surface area contributed by atoms with Crippen LogP contribution in [0.1, 0.15) is 19.3 Å².